The first-order chi connectivity index (χ1) is 14.1. The largest absolute Gasteiger partial charge is 0.466 e. The first kappa shape index (κ1) is 19.0. The lowest BCUT2D eigenvalue weighted by Crippen LogP contribution is -2.52. The molecule has 0 radical (unpaired) electrons. The Balaban J connectivity index is 1.30. The second kappa shape index (κ2) is 8.35. The molecule has 10 nitrogen and oxygen atoms in total. The maximum atomic E-state index is 12.4. The number of anilines is 2. The Morgan fingerprint density at radius 2 is 2.14 bits per heavy atom. The third-order valence-corrected chi connectivity index (χ3v) is 5.17. The SMILES string of the molecule is CCOC(=O)Cc1csc(NC(=O)C2CN(c3cc(-n4cccn4)ncn3)C2)n1. The molecule has 3 aromatic heterocycles. The zero-order valence-electron chi connectivity index (χ0n) is 15.7. The molecule has 0 saturated carbocycles. The van der Waals surface area contributed by atoms with Gasteiger partial charge in [-0.25, -0.2) is 19.6 Å². The van der Waals surface area contributed by atoms with Crippen molar-refractivity contribution in [1.29, 1.82) is 0 Å². The lowest BCUT2D eigenvalue weighted by Gasteiger charge is -2.38. The summed E-state index contributed by atoms with van der Waals surface area (Å²) in [6.07, 6.45) is 5.08. The number of carbonyl (C=O) groups excluding carboxylic acids is 2. The van der Waals surface area contributed by atoms with Crippen molar-refractivity contribution in [2.45, 2.75) is 13.3 Å². The van der Waals surface area contributed by atoms with Crippen LogP contribution in [0.3, 0.4) is 0 Å². The first-order valence-corrected chi connectivity index (χ1v) is 9.98. The van der Waals surface area contributed by atoms with Crippen molar-refractivity contribution in [2.24, 2.45) is 5.92 Å². The van der Waals surface area contributed by atoms with E-state index in [1.165, 1.54) is 17.7 Å². The minimum Gasteiger partial charge on any atom is -0.466 e. The molecular formula is C18H19N7O3S. The molecule has 4 rings (SSSR count). The van der Waals surface area contributed by atoms with Crippen molar-refractivity contribution < 1.29 is 14.3 Å². The molecule has 3 aromatic rings. The quantitative estimate of drug-likeness (QED) is 0.577. The van der Waals surface area contributed by atoms with E-state index in [2.05, 4.69) is 25.4 Å². The number of nitrogens with one attached hydrogen (secondary N) is 1. The molecule has 0 atom stereocenters. The Hall–Kier alpha value is -3.34. The molecule has 0 aliphatic carbocycles. The van der Waals surface area contributed by atoms with Crippen LogP contribution in [-0.4, -0.2) is 56.3 Å². The van der Waals surface area contributed by atoms with Gasteiger partial charge in [0.2, 0.25) is 5.91 Å². The van der Waals surface area contributed by atoms with Gasteiger partial charge in [0.05, 0.1) is 24.6 Å². The van der Waals surface area contributed by atoms with Crippen LogP contribution in [0.2, 0.25) is 0 Å². The molecule has 1 aliphatic rings. The van der Waals surface area contributed by atoms with E-state index in [4.69, 9.17) is 4.74 Å². The van der Waals surface area contributed by atoms with E-state index in [1.807, 2.05) is 23.2 Å². The van der Waals surface area contributed by atoms with E-state index in [1.54, 1.807) is 23.2 Å². The van der Waals surface area contributed by atoms with Crippen LogP contribution in [0.1, 0.15) is 12.6 Å². The van der Waals surface area contributed by atoms with E-state index in [9.17, 15) is 9.59 Å². The smallest absolute Gasteiger partial charge is 0.311 e. The third kappa shape index (κ3) is 4.40. The number of carbonyl (C=O) groups is 2. The Morgan fingerprint density at radius 1 is 1.31 bits per heavy atom. The molecule has 11 heteroatoms. The molecule has 0 bridgehead atoms. The highest BCUT2D eigenvalue weighted by Gasteiger charge is 2.34. The summed E-state index contributed by atoms with van der Waals surface area (Å²) in [6, 6.07) is 3.66. The van der Waals surface area contributed by atoms with Crippen LogP contribution < -0.4 is 10.2 Å². The molecule has 1 aliphatic heterocycles. The summed E-state index contributed by atoms with van der Waals surface area (Å²) < 4.78 is 6.56. The number of nitrogens with zero attached hydrogens (tertiary/aromatic N) is 6. The zero-order valence-corrected chi connectivity index (χ0v) is 16.5. The second-order valence-corrected chi connectivity index (χ2v) is 7.26. The molecule has 1 N–H and O–H groups in total. The summed E-state index contributed by atoms with van der Waals surface area (Å²) in [5.74, 6) is 0.838. The minimum atomic E-state index is -0.329. The third-order valence-electron chi connectivity index (χ3n) is 4.37. The average molecular weight is 413 g/mol. The van der Waals surface area contributed by atoms with Crippen LogP contribution in [0.5, 0.6) is 0 Å². The predicted octanol–water partition coefficient (Wildman–Crippen LogP) is 1.30. The fourth-order valence-electron chi connectivity index (χ4n) is 2.88. The van der Waals surface area contributed by atoms with E-state index in [0.717, 1.165) is 5.82 Å². The van der Waals surface area contributed by atoms with Crippen molar-refractivity contribution in [3.05, 3.63) is 41.9 Å². The van der Waals surface area contributed by atoms with Crippen LogP contribution in [0, 0.1) is 5.92 Å². The van der Waals surface area contributed by atoms with Crippen molar-refractivity contribution in [1.82, 2.24) is 24.7 Å². The van der Waals surface area contributed by atoms with E-state index in [0.29, 0.717) is 36.3 Å². The number of amides is 1. The molecule has 0 aromatic carbocycles. The monoisotopic (exact) mass is 413 g/mol. The molecule has 1 amide bonds. The fraction of sp³-hybridized carbons (Fsp3) is 0.333. The van der Waals surface area contributed by atoms with Gasteiger partial charge in [-0.3, -0.25) is 9.59 Å². The van der Waals surface area contributed by atoms with E-state index >= 15 is 0 Å². The van der Waals surface area contributed by atoms with Crippen LogP contribution in [0.15, 0.2) is 36.2 Å². The van der Waals surface area contributed by atoms with Gasteiger partial charge in [-0.1, -0.05) is 0 Å². The lowest BCUT2D eigenvalue weighted by atomic mass is 9.99. The summed E-state index contributed by atoms with van der Waals surface area (Å²) in [6.45, 7) is 3.21. The maximum Gasteiger partial charge on any atom is 0.311 e. The highest BCUT2D eigenvalue weighted by molar-refractivity contribution is 7.13. The van der Waals surface area contributed by atoms with Crippen LogP contribution >= 0.6 is 11.3 Å². The highest BCUT2D eigenvalue weighted by atomic mass is 32.1. The van der Waals surface area contributed by atoms with Crippen LogP contribution in [0.25, 0.3) is 5.82 Å². The predicted molar refractivity (Wildman–Crippen MR) is 106 cm³/mol. The number of esters is 1. The number of rotatable bonds is 7. The maximum absolute atomic E-state index is 12.4. The van der Waals surface area contributed by atoms with Gasteiger partial charge in [0.25, 0.3) is 0 Å². The van der Waals surface area contributed by atoms with Gasteiger partial charge in [0.1, 0.15) is 12.1 Å². The minimum absolute atomic E-state index is 0.0976. The summed E-state index contributed by atoms with van der Waals surface area (Å²) in [7, 11) is 0. The summed E-state index contributed by atoms with van der Waals surface area (Å²) in [5, 5.41) is 9.21. The van der Waals surface area contributed by atoms with Gasteiger partial charge < -0.3 is 15.0 Å². The highest BCUT2D eigenvalue weighted by Crippen LogP contribution is 2.25. The van der Waals surface area contributed by atoms with Crippen LogP contribution in [-0.2, 0) is 20.7 Å². The Bertz CT molecular complexity index is 999. The number of hydrogen-bond donors (Lipinski definition) is 1. The molecule has 29 heavy (non-hydrogen) atoms. The topological polar surface area (TPSA) is 115 Å². The Kier molecular flexibility index (Phi) is 5.47. The van der Waals surface area contributed by atoms with Gasteiger partial charge in [-0.15, -0.1) is 11.3 Å². The Morgan fingerprint density at radius 3 is 2.90 bits per heavy atom. The number of aromatic nitrogens is 5. The van der Waals surface area contributed by atoms with Gasteiger partial charge in [0.15, 0.2) is 10.9 Å². The van der Waals surface area contributed by atoms with Gasteiger partial charge in [-0.05, 0) is 13.0 Å². The summed E-state index contributed by atoms with van der Waals surface area (Å²) in [4.78, 5) is 38.7. The van der Waals surface area contributed by atoms with Gasteiger partial charge in [0, 0.05) is 36.9 Å². The number of hydrogen-bond acceptors (Lipinski definition) is 9. The van der Waals surface area contributed by atoms with Crippen LogP contribution in [0.4, 0.5) is 10.9 Å². The van der Waals surface area contributed by atoms with E-state index in [-0.39, 0.29) is 24.2 Å². The Labute approximate surface area is 170 Å². The molecule has 1 fully saturated rings. The standard InChI is InChI=1S/C18H19N7O3S/c1-2-28-16(26)6-13-10-29-18(22-13)23-17(27)12-8-24(9-12)14-7-15(20-11-19-14)25-5-3-4-21-25/h3-5,7,10-12H,2,6,8-9H2,1H3,(H,22,23,27). The summed E-state index contributed by atoms with van der Waals surface area (Å²) in [5.41, 5.74) is 0.589. The van der Waals surface area contributed by atoms with Crippen molar-refractivity contribution in [3.8, 4) is 5.82 Å². The number of thiazole rings is 1. The average Bonchev–Trinajstić information content (AvgIpc) is 3.33. The van der Waals surface area contributed by atoms with Crippen molar-refractivity contribution in [3.63, 3.8) is 0 Å². The molecular weight excluding hydrogens is 394 g/mol. The molecule has 0 unspecified atom stereocenters. The second-order valence-electron chi connectivity index (χ2n) is 6.40. The fourth-order valence-corrected chi connectivity index (χ4v) is 3.60. The van der Waals surface area contributed by atoms with Gasteiger partial charge in [-0.2, -0.15) is 5.10 Å². The van der Waals surface area contributed by atoms with E-state index < -0.39 is 0 Å². The van der Waals surface area contributed by atoms with Crippen molar-refractivity contribution in [2.75, 3.05) is 29.9 Å². The normalized spacial score (nSPS) is 13.8. The number of ether oxygens (including phenoxy) is 1. The molecule has 1 saturated heterocycles. The molecule has 0 spiro atoms. The first-order valence-electron chi connectivity index (χ1n) is 9.10. The molecule has 4 heterocycles. The van der Waals surface area contributed by atoms with Gasteiger partial charge >= 0.3 is 5.97 Å². The van der Waals surface area contributed by atoms with Crippen molar-refractivity contribution >= 4 is 34.2 Å². The zero-order chi connectivity index (χ0) is 20.2. The lowest BCUT2D eigenvalue weighted by molar-refractivity contribution is -0.142. The summed E-state index contributed by atoms with van der Waals surface area (Å²) >= 11 is 1.29. The molecule has 150 valence electrons.